The minimum Gasteiger partial charge on any atom is -0.497 e. The third kappa shape index (κ3) is 4.09. The topological polar surface area (TPSA) is 79.0 Å². The average molecular weight is 460 g/mol. The standard InChI is InChI=1S/C27H29N3O4/c1-6-13-29-23-12-7-18(14-21(23)17(2)16-27(29,3)4)15-22-24(31)28-26(33)30(25(22)32)19-8-10-20(34-5)11-9-19/h7-12,14-16H,6,13H2,1-5H3,(H,28,31,33)/b22-15-. The van der Waals surface area contributed by atoms with Crippen molar-refractivity contribution < 1.29 is 19.1 Å². The first kappa shape index (κ1) is 23.3. The molecule has 0 unspecified atom stereocenters. The van der Waals surface area contributed by atoms with Gasteiger partial charge in [-0.15, -0.1) is 0 Å². The van der Waals surface area contributed by atoms with E-state index in [1.54, 1.807) is 24.3 Å². The Morgan fingerprint density at radius 3 is 2.41 bits per heavy atom. The Bertz CT molecular complexity index is 1220. The molecule has 0 spiro atoms. The number of hydrogen-bond donors (Lipinski definition) is 1. The molecule has 0 saturated carbocycles. The highest BCUT2D eigenvalue weighted by Crippen LogP contribution is 2.39. The summed E-state index contributed by atoms with van der Waals surface area (Å²) in [4.78, 5) is 41.6. The predicted molar refractivity (Wildman–Crippen MR) is 134 cm³/mol. The number of hydrogen-bond acceptors (Lipinski definition) is 5. The molecule has 34 heavy (non-hydrogen) atoms. The summed E-state index contributed by atoms with van der Waals surface area (Å²) in [6, 6.07) is 11.6. The maximum atomic E-state index is 13.2. The van der Waals surface area contributed by atoms with E-state index in [0.29, 0.717) is 17.0 Å². The number of fused-ring (bicyclic) bond motifs is 1. The quantitative estimate of drug-likeness (QED) is 0.515. The minimum atomic E-state index is -0.779. The molecule has 1 N–H and O–H groups in total. The maximum absolute atomic E-state index is 13.2. The molecule has 4 amide bonds. The van der Waals surface area contributed by atoms with Gasteiger partial charge in [0.15, 0.2) is 0 Å². The van der Waals surface area contributed by atoms with Crippen LogP contribution < -0.4 is 19.9 Å². The lowest BCUT2D eigenvalue weighted by Crippen LogP contribution is -2.54. The summed E-state index contributed by atoms with van der Waals surface area (Å²) in [6.45, 7) is 9.54. The van der Waals surface area contributed by atoms with Crippen molar-refractivity contribution in [1.82, 2.24) is 5.32 Å². The molecule has 2 aliphatic heterocycles. The van der Waals surface area contributed by atoms with E-state index in [4.69, 9.17) is 4.74 Å². The first-order chi connectivity index (χ1) is 16.2. The van der Waals surface area contributed by atoms with E-state index in [2.05, 4.69) is 44.0 Å². The van der Waals surface area contributed by atoms with Crippen LogP contribution in [0.3, 0.4) is 0 Å². The number of imide groups is 2. The largest absolute Gasteiger partial charge is 0.497 e. The van der Waals surface area contributed by atoms with Crippen LogP contribution in [0.4, 0.5) is 16.2 Å². The lowest BCUT2D eigenvalue weighted by molar-refractivity contribution is -0.122. The normalized spacial score (nSPS) is 18.6. The number of nitrogens with zero attached hydrogens (tertiary/aromatic N) is 2. The summed E-state index contributed by atoms with van der Waals surface area (Å²) in [5, 5.41) is 2.27. The van der Waals surface area contributed by atoms with Gasteiger partial charge in [0.25, 0.3) is 11.8 Å². The molecule has 0 aromatic heterocycles. The number of urea groups is 1. The fraction of sp³-hybridized carbons (Fsp3) is 0.296. The highest BCUT2D eigenvalue weighted by Gasteiger charge is 2.37. The van der Waals surface area contributed by atoms with Gasteiger partial charge >= 0.3 is 6.03 Å². The molecule has 1 fully saturated rings. The van der Waals surface area contributed by atoms with Gasteiger partial charge in [0, 0.05) is 17.8 Å². The molecule has 1 saturated heterocycles. The Kier molecular flexibility index (Phi) is 6.04. The Morgan fingerprint density at radius 1 is 1.06 bits per heavy atom. The SMILES string of the molecule is CCCN1c2ccc(/C=C3/C(=O)NC(=O)N(c4ccc(OC)cc4)C3=O)cc2C(C)=CC1(C)C. The lowest BCUT2D eigenvalue weighted by atomic mass is 9.87. The Morgan fingerprint density at radius 2 is 1.76 bits per heavy atom. The maximum Gasteiger partial charge on any atom is 0.335 e. The van der Waals surface area contributed by atoms with E-state index in [9.17, 15) is 14.4 Å². The van der Waals surface area contributed by atoms with Crippen molar-refractivity contribution in [3.05, 3.63) is 65.2 Å². The van der Waals surface area contributed by atoms with Crippen LogP contribution in [0.25, 0.3) is 11.6 Å². The van der Waals surface area contributed by atoms with Crippen LogP contribution in [0.2, 0.25) is 0 Å². The van der Waals surface area contributed by atoms with Crippen LogP contribution in [0.1, 0.15) is 45.2 Å². The van der Waals surface area contributed by atoms with Gasteiger partial charge in [0.05, 0.1) is 18.3 Å². The van der Waals surface area contributed by atoms with Crippen LogP contribution in [0.15, 0.2) is 54.1 Å². The number of carbonyl (C=O) groups is 3. The molecule has 2 aliphatic rings. The first-order valence-corrected chi connectivity index (χ1v) is 11.3. The van der Waals surface area contributed by atoms with E-state index in [1.165, 1.54) is 13.2 Å². The van der Waals surface area contributed by atoms with E-state index in [1.807, 2.05) is 18.2 Å². The van der Waals surface area contributed by atoms with Crippen LogP contribution in [-0.4, -0.2) is 37.0 Å². The second kappa shape index (κ2) is 8.82. The molecular weight excluding hydrogens is 430 g/mol. The molecular formula is C27H29N3O4. The lowest BCUT2D eigenvalue weighted by Gasteiger charge is -2.43. The average Bonchev–Trinajstić information content (AvgIpc) is 2.79. The number of anilines is 2. The molecule has 0 aliphatic carbocycles. The molecule has 4 rings (SSSR count). The molecule has 176 valence electrons. The van der Waals surface area contributed by atoms with Gasteiger partial charge in [-0.05, 0) is 80.8 Å². The van der Waals surface area contributed by atoms with E-state index < -0.39 is 17.8 Å². The molecule has 7 nitrogen and oxygen atoms in total. The van der Waals surface area contributed by atoms with Crippen LogP contribution in [0.5, 0.6) is 5.75 Å². The third-order valence-electron chi connectivity index (χ3n) is 6.19. The highest BCUT2D eigenvalue weighted by molar-refractivity contribution is 6.39. The number of methoxy groups -OCH3 is 1. The van der Waals surface area contributed by atoms with Crippen LogP contribution in [0, 0.1) is 0 Å². The van der Waals surface area contributed by atoms with E-state index in [0.717, 1.165) is 34.7 Å². The zero-order valence-electron chi connectivity index (χ0n) is 20.1. The van der Waals surface area contributed by atoms with Gasteiger partial charge in [-0.2, -0.15) is 0 Å². The Hall–Kier alpha value is -3.87. The number of rotatable bonds is 5. The second-order valence-electron chi connectivity index (χ2n) is 9.07. The highest BCUT2D eigenvalue weighted by atomic mass is 16.5. The fourth-order valence-corrected chi connectivity index (χ4v) is 4.61. The number of carbonyl (C=O) groups excluding carboxylic acids is 3. The summed E-state index contributed by atoms with van der Waals surface area (Å²) in [5.74, 6) is -0.783. The van der Waals surface area contributed by atoms with Gasteiger partial charge in [-0.3, -0.25) is 14.9 Å². The molecule has 0 bridgehead atoms. The zero-order chi connectivity index (χ0) is 24.6. The summed E-state index contributed by atoms with van der Waals surface area (Å²) in [5.41, 5.74) is 4.19. The van der Waals surface area contributed by atoms with Gasteiger partial charge in [-0.25, -0.2) is 9.69 Å². The first-order valence-electron chi connectivity index (χ1n) is 11.3. The summed E-state index contributed by atoms with van der Waals surface area (Å²) in [7, 11) is 1.53. The molecule has 0 radical (unpaired) electrons. The van der Waals surface area contributed by atoms with Crippen LogP contribution >= 0.6 is 0 Å². The summed E-state index contributed by atoms with van der Waals surface area (Å²) < 4.78 is 5.14. The fourth-order valence-electron chi connectivity index (χ4n) is 4.61. The number of amides is 4. The van der Waals surface area contributed by atoms with Crippen molar-refractivity contribution in [3.63, 3.8) is 0 Å². The van der Waals surface area contributed by atoms with Gasteiger partial charge in [0.1, 0.15) is 11.3 Å². The van der Waals surface area contributed by atoms with Crippen molar-refractivity contribution in [2.75, 3.05) is 23.5 Å². The third-order valence-corrected chi connectivity index (χ3v) is 6.19. The smallest absolute Gasteiger partial charge is 0.335 e. The number of ether oxygens (including phenoxy) is 1. The van der Waals surface area contributed by atoms with Crippen molar-refractivity contribution in [2.45, 2.75) is 39.7 Å². The molecule has 2 aromatic rings. The number of benzene rings is 2. The molecule has 0 atom stereocenters. The molecule has 2 aromatic carbocycles. The molecule has 7 heteroatoms. The van der Waals surface area contributed by atoms with E-state index >= 15 is 0 Å². The number of allylic oxidation sites excluding steroid dienone is 1. The van der Waals surface area contributed by atoms with E-state index in [-0.39, 0.29) is 11.1 Å². The minimum absolute atomic E-state index is 0.0986. The number of barbiturate groups is 1. The number of nitrogens with one attached hydrogen (secondary N) is 1. The van der Waals surface area contributed by atoms with Gasteiger partial charge < -0.3 is 9.64 Å². The summed E-state index contributed by atoms with van der Waals surface area (Å²) in [6.07, 6.45) is 4.80. The van der Waals surface area contributed by atoms with Crippen molar-refractivity contribution >= 4 is 40.9 Å². The predicted octanol–water partition coefficient (Wildman–Crippen LogP) is 4.77. The Balaban J connectivity index is 1.72. The van der Waals surface area contributed by atoms with Gasteiger partial charge in [0.2, 0.25) is 0 Å². The van der Waals surface area contributed by atoms with Crippen molar-refractivity contribution in [3.8, 4) is 5.75 Å². The Labute approximate surface area is 199 Å². The second-order valence-corrected chi connectivity index (χ2v) is 9.07. The monoisotopic (exact) mass is 459 g/mol. The zero-order valence-corrected chi connectivity index (χ0v) is 20.1. The van der Waals surface area contributed by atoms with Crippen molar-refractivity contribution in [1.29, 1.82) is 0 Å². The molecule has 2 heterocycles. The van der Waals surface area contributed by atoms with Crippen molar-refractivity contribution in [2.24, 2.45) is 0 Å². The van der Waals surface area contributed by atoms with Crippen LogP contribution in [-0.2, 0) is 9.59 Å². The van der Waals surface area contributed by atoms with Gasteiger partial charge in [-0.1, -0.05) is 19.1 Å². The summed E-state index contributed by atoms with van der Waals surface area (Å²) >= 11 is 0.